The first-order chi connectivity index (χ1) is 13.1. The summed E-state index contributed by atoms with van der Waals surface area (Å²) in [5, 5.41) is 11.6. The Balaban J connectivity index is 1.56. The molecule has 138 valence electrons. The van der Waals surface area contributed by atoms with Crippen LogP contribution < -0.4 is 15.0 Å². The fourth-order valence-corrected chi connectivity index (χ4v) is 3.14. The van der Waals surface area contributed by atoms with Crippen LogP contribution in [-0.2, 0) is 11.3 Å². The molecule has 0 spiro atoms. The normalized spacial score (nSPS) is 17.4. The van der Waals surface area contributed by atoms with Gasteiger partial charge in [0.2, 0.25) is 0 Å². The second-order valence-corrected chi connectivity index (χ2v) is 6.69. The second kappa shape index (κ2) is 7.58. The number of benzene rings is 2. The van der Waals surface area contributed by atoms with Crippen molar-refractivity contribution < 1.29 is 19.3 Å². The summed E-state index contributed by atoms with van der Waals surface area (Å²) in [6.45, 7) is 11.0. The molecule has 2 aromatic rings. The van der Waals surface area contributed by atoms with Gasteiger partial charge >= 0.3 is 7.12 Å². The highest BCUT2D eigenvalue weighted by molar-refractivity contribution is 6.61. The van der Waals surface area contributed by atoms with E-state index in [1.807, 2.05) is 11.1 Å². The van der Waals surface area contributed by atoms with Crippen LogP contribution in [0.3, 0.4) is 0 Å². The Bertz CT molecular complexity index is 878. The van der Waals surface area contributed by atoms with Crippen LogP contribution in [0.15, 0.2) is 36.4 Å². The van der Waals surface area contributed by atoms with E-state index >= 15 is 0 Å². The third kappa shape index (κ3) is 3.92. The van der Waals surface area contributed by atoms with Crippen molar-refractivity contribution in [2.24, 2.45) is 0 Å². The Morgan fingerprint density at radius 2 is 1.93 bits per heavy atom. The summed E-state index contributed by atoms with van der Waals surface area (Å²) in [6.07, 6.45) is 0. The van der Waals surface area contributed by atoms with Crippen LogP contribution in [0.2, 0.25) is 0 Å². The summed E-state index contributed by atoms with van der Waals surface area (Å²) >= 11 is 0. The molecule has 2 aliphatic heterocycles. The number of piperazine rings is 1. The van der Waals surface area contributed by atoms with Crippen LogP contribution >= 0.6 is 0 Å². The van der Waals surface area contributed by atoms with Gasteiger partial charge in [-0.2, -0.15) is 0 Å². The summed E-state index contributed by atoms with van der Waals surface area (Å²) in [4.78, 5) is 11.8. The molecule has 1 saturated heterocycles. The maximum absolute atomic E-state index is 9.74. The number of likely N-dealkylation sites (N-methyl/N-ethyl adjacent to an activating group) is 1. The average Bonchev–Trinajstić information content (AvgIpc) is 3.05. The maximum Gasteiger partial charge on any atom is 0.491 e. The number of ether oxygens (including phenoxy) is 1. The molecule has 1 N–H and O–H groups in total. The van der Waals surface area contributed by atoms with Gasteiger partial charge in [-0.15, -0.1) is 5.06 Å². The van der Waals surface area contributed by atoms with Gasteiger partial charge in [-0.25, -0.2) is 4.85 Å². The predicted octanol–water partition coefficient (Wildman–Crippen LogP) is 1.79. The molecule has 0 radical (unpaired) electrons. The predicted molar refractivity (Wildman–Crippen MR) is 101 cm³/mol. The molecular weight excluding hydrogens is 345 g/mol. The first-order valence-electron chi connectivity index (χ1n) is 8.86. The summed E-state index contributed by atoms with van der Waals surface area (Å²) in [6, 6.07) is 10.6. The van der Waals surface area contributed by atoms with Crippen molar-refractivity contribution in [1.29, 1.82) is 0 Å². The zero-order valence-corrected chi connectivity index (χ0v) is 15.1. The Hall–Kier alpha value is -2.57. The molecule has 0 atom stereocenters. The highest BCUT2D eigenvalue weighted by atomic mass is 16.7. The molecule has 2 aromatic carbocycles. The van der Waals surface area contributed by atoms with Crippen LogP contribution in [0.1, 0.15) is 5.56 Å². The van der Waals surface area contributed by atoms with Gasteiger partial charge in [0.05, 0.1) is 13.2 Å². The molecule has 1 fully saturated rings. The lowest BCUT2D eigenvalue weighted by Gasteiger charge is -2.32. The van der Waals surface area contributed by atoms with Crippen molar-refractivity contribution in [2.75, 3.05) is 33.2 Å². The van der Waals surface area contributed by atoms with E-state index in [1.165, 1.54) is 0 Å². The molecule has 0 bridgehead atoms. The number of nitrogens with zero attached hydrogens (tertiary/aromatic N) is 3. The molecule has 2 aliphatic rings. The first-order valence-corrected chi connectivity index (χ1v) is 8.86. The van der Waals surface area contributed by atoms with Gasteiger partial charge in [0.1, 0.15) is 5.75 Å². The van der Waals surface area contributed by atoms with Crippen LogP contribution in [-0.4, -0.2) is 55.3 Å². The minimum absolute atomic E-state index is 0.356. The number of hydroxylamine groups is 2. The molecule has 4 rings (SSSR count). The smallest absolute Gasteiger partial charge is 0.453 e. The topological polar surface area (TPSA) is 58.8 Å². The van der Waals surface area contributed by atoms with Crippen LogP contribution in [0.5, 0.6) is 17.2 Å². The van der Waals surface area contributed by atoms with E-state index in [1.54, 1.807) is 30.3 Å². The summed E-state index contributed by atoms with van der Waals surface area (Å²) in [5.41, 5.74) is 2.16. The molecule has 0 amide bonds. The Labute approximate surface area is 158 Å². The van der Waals surface area contributed by atoms with Crippen LogP contribution in [0.25, 0.3) is 4.85 Å². The molecular formula is C19H20BN3O4. The molecule has 0 unspecified atom stereocenters. The highest BCUT2D eigenvalue weighted by Gasteiger charge is 2.27. The van der Waals surface area contributed by atoms with E-state index in [0.29, 0.717) is 29.5 Å². The second-order valence-electron chi connectivity index (χ2n) is 6.69. The van der Waals surface area contributed by atoms with E-state index in [0.717, 1.165) is 37.2 Å². The summed E-state index contributed by atoms with van der Waals surface area (Å²) < 4.78 is 11.3. The van der Waals surface area contributed by atoms with Gasteiger partial charge in [0.15, 0.2) is 17.2 Å². The fourth-order valence-electron chi connectivity index (χ4n) is 3.14. The zero-order chi connectivity index (χ0) is 18.8. The Morgan fingerprint density at radius 1 is 1.11 bits per heavy atom. The lowest BCUT2D eigenvalue weighted by atomic mass is 9.80. The first kappa shape index (κ1) is 17.8. The van der Waals surface area contributed by atoms with Gasteiger partial charge in [-0.3, -0.25) is 0 Å². The minimum Gasteiger partial charge on any atom is -0.453 e. The lowest BCUT2D eigenvalue weighted by molar-refractivity contribution is -0.0860. The fraction of sp³-hybridized carbons (Fsp3) is 0.316. The molecule has 0 aliphatic carbocycles. The van der Waals surface area contributed by atoms with Gasteiger partial charge in [-0.1, -0.05) is 12.1 Å². The molecule has 8 heteroatoms. The van der Waals surface area contributed by atoms with Crippen molar-refractivity contribution in [3.8, 4) is 17.2 Å². The molecule has 0 saturated carbocycles. The van der Waals surface area contributed by atoms with E-state index < -0.39 is 7.12 Å². The van der Waals surface area contributed by atoms with Crippen molar-refractivity contribution in [3.05, 3.63) is 53.4 Å². The molecule has 0 aromatic heterocycles. The number of rotatable bonds is 4. The largest absolute Gasteiger partial charge is 0.491 e. The number of fused-ring (bicyclic) bond motifs is 1. The molecule has 27 heavy (non-hydrogen) atoms. The van der Waals surface area contributed by atoms with Gasteiger partial charge in [0, 0.05) is 26.2 Å². The van der Waals surface area contributed by atoms with Crippen molar-refractivity contribution in [3.63, 3.8) is 0 Å². The standard InChI is InChI=1S/C19H20BN3O4/c1-21-15-3-6-18(19(12-15)27-23-9-7-22(2)8-10-23)26-16-4-5-17-14(11-16)13-25-20(17)24/h3-6,11-12,24H,7-10,13H2,2H3. The highest BCUT2D eigenvalue weighted by Crippen LogP contribution is 2.36. The lowest BCUT2D eigenvalue weighted by Crippen LogP contribution is -2.45. The third-order valence-electron chi connectivity index (χ3n) is 4.75. The van der Waals surface area contributed by atoms with Gasteiger partial charge in [-0.05, 0) is 42.3 Å². The van der Waals surface area contributed by atoms with Crippen molar-refractivity contribution in [2.45, 2.75) is 6.61 Å². The van der Waals surface area contributed by atoms with Crippen LogP contribution in [0, 0.1) is 6.57 Å². The third-order valence-corrected chi connectivity index (χ3v) is 4.75. The zero-order valence-electron chi connectivity index (χ0n) is 15.1. The quantitative estimate of drug-likeness (QED) is 0.659. The van der Waals surface area contributed by atoms with Crippen molar-refractivity contribution in [1.82, 2.24) is 9.96 Å². The number of hydrogen-bond donors (Lipinski definition) is 1. The van der Waals surface area contributed by atoms with Gasteiger partial charge in [0.25, 0.3) is 0 Å². The molecule has 2 heterocycles. The monoisotopic (exact) mass is 365 g/mol. The van der Waals surface area contributed by atoms with E-state index in [2.05, 4.69) is 16.8 Å². The van der Waals surface area contributed by atoms with E-state index in [4.69, 9.17) is 20.8 Å². The SMILES string of the molecule is [C-]#[N+]c1ccc(Oc2ccc3c(c2)COB3O)c(ON2CCN(C)CC2)c1. The number of hydrogen-bond acceptors (Lipinski definition) is 6. The summed E-state index contributed by atoms with van der Waals surface area (Å²) in [5.74, 6) is 1.69. The Morgan fingerprint density at radius 3 is 2.70 bits per heavy atom. The van der Waals surface area contributed by atoms with Crippen molar-refractivity contribution >= 4 is 18.3 Å². The maximum atomic E-state index is 9.74. The summed E-state index contributed by atoms with van der Waals surface area (Å²) in [7, 11) is 1.21. The van der Waals surface area contributed by atoms with Crippen LogP contribution in [0.4, 0.5) is 5.69 Å². The Kier molecular flexibility index (Phi) is 5.01. The molecule has 7 nitrogen and oxygen atoms in total. The van der Waals surface area contributed by atoms with E-state index in [9.17, 15) is 5.02 Å². The van der Waals surface area contributed by atoms with E-state index in [-0.39, 0.29) is 0 Å². The van der Waals surface area contributed by atoms with Gasteiger partial charge < -0.3 is 24.2 Å². The average molecular weight is 365 g/mol. The minimum atomic E-state index is -0.872.